The van der Waals surface area contributed by atoms with Crippen molar-refractivity contribution in [3.8, 4) is 0 Å². The first kappa shape index (κ1) is 14.1. The second kappa shape index (κ2) is 4.88. The molecule has 0 saturated heterocycles. The monoisotopic (exact) mass is 287 g/mol. The zero-order chi connectivity index (χ0) is 15.2. The van der Waals surface area contributed by atoms with E-state index in [2.05, 4.69) is 5.32 Å². The first-order chi connectivity index (χ1) is 9.88. The highest BCUT2D eigenvalue weighted by atomic mass is 16.3. The van der Waals surface area contributed by atoms with E-state index in [4.69, 9.17) is 4.42 Å². The number of rotatable bonds is 3. The van der Waals surface area contributed by atoms with Crippen molar-refractivity contribution in [3.63, 3.8) is 0 Å². The summed E-state index contributed by atoms with van der Waals surface area (Å²) in [7, 11) is 0. The summed E-state index contributed by atoms with van der Waals surface area (Å²) in [5, 5.41) is 13.7. The van der Waals surface area contributed by atoms with E-state index in [1.54, 1.807) is 6.26 Å². The lowest BCUT2D eigenvalue weighted by atomic mass is 9.64. The molecule has 21 heavy (non-hydrogen) atoms. The fraction of sp³-hybridized carbons (Fsp3) is 0.471. The van der Waals surface area contributed by atoms with Crippen LogP contribution in [-0.2, 0) is 11.2 Å². The lowest BCUT2D eigenvalue weighted by Crippen LogP contribution is -2.61. The van der Waals surface area contributed by atoms with Gasteiger partial charge in [0.2, 0.25) is 5.91 Å². The molecule has 0 radical (unpaired) electrons. The number of hydrogen-bond acceptors (Lipinski definition) is 3. The number of furan rings is 1. The minimum Gasteiger partial charge on any atom is -0.464 e. The second-order valence-corrected chi connectivity index (χ2v) is 6.63. The van der Waals surface area contributed by atoms with Crippen molar-refractivity contribution >= 4 is 16.9 Å². The molecule has 112 valence electrons. The fourth-order valence-corrected chi connectivity index (χ4v) is 2.89. The topological polar surface area (TPSA) is 62.5 Å². The Morgan fingerprint density at radius 2 is 2.24 bits per heavy atom. The number of aryl methyl sites for hydroxylation is 1. The number of nitrogens with one attached hydrogen (secondary N) is 1. The van der Waals surface area contributed by atoms with Gasteiger partial charge in [-0.1, -0.05) is 26.0 Å². The van der Waals surface area contributed by atoms with Crippen molar-refractivity contribution in [1.29, 1.82) is 0 Å². The molecule has 1 aromatic heterocycles. The number of aliphatic hydroxyl groups excluding tert-OH is 1. The van der Waals surface area contributed by atoms with Crippen LogP contribution in [0.2, 0.25) is 0 Å². The molecule has 2 atom stereocenters. The van der Waals surface area contributed by atoms with Crippen LogP contribution in [0.25, 0.3) is 11.0 Å². The third kappa shape index (κ3) is 2.44. The molecule has 1 fully saturated rings. The highest BCUT2D eigenvalue weighted by Gasteiger charge is 2.47. The molecule has 0 spiro atoms. The van der Waals surface area contributed by atoms with Gasteiger partial charge in [-0.15, -0.1) is 0 Å². The van der Waals surface area contributed by atoms with Crippen LogP contribution < -0.4 is 5.32 Å². The van der Waals surface area contributed by atoms with Gasteiger partial charge in [-0.25, -0.2) is 0 Å². The van der Waals surface area contributed by atoms with Crippen LogP contribution >= 0.6 is 0 Å². The SMILES string of the molecule is Cc1ccc2c(CC(=O)NC3CC(O)C3(C)C)coc2c1. The molecule has 1 aromatic carbocycles. The molecule has 1 aliphatic rings. The summed E-state index contributed by atoms with van der Waals surface area (Å²) in [6.45, 7) is 5.96. The molecular formula is C17H21NO3. The normalized spacial score (nSPS) is 23.8. The molecule has 4 heteroatoms. The quantitative estimate of drug-likeness (QED) is 0.912. The average Bonchev–Trinajstić information content (AvgIpc) is 2.80. The molecule has 4 nitrogen and oxygen atoms in total. The molecule has 1 aliphatic carbocycles. The van der Waals surface area contributed by atoms with Crippen LogP contribution in [0.4, 0.5) is 0 Å². The smallest absolute Gasteiger partial charge is 0.224 e. The van der Waals surface area contributed by atoms with E-state index in [1.165, 1.54) is 0 Å². The molecule has 1 saturated carbocycles. The molecule has 3 rings (SSSR count). The van der Waals surface area contributed by atoms with Gasteiger partial charge in [-0.05, 0) is 25.0 Å². The number of amides is 1. The molecule has 2 unspecified atom stereocenters. The Morgan fingerprint density at radius 3 is 2.90 bits per heavy atom. The van der Waals surface area contributed by atoms with E-state index in [9.17, 15) is 9.90 Å². The zero-order valence-electron chi connectivity index (χ0n) is 12.6. The lowest BCUT2D eigenvalue weighted by Gasteiger charge is -2.49. The predicted molar refractivity (Wildman–Crippen MR) is 81.0 cm³/mol. The summed E-state index contributed by atoms with van der Waals surface area (Å²) in [5.74, 6) is -0.0248. The lowest BCUT2D eigenvalue weighted by molar-refractivity contribution is -0.128. The number of hydrogen-bond donors (Lipinski definition) is 2. The maximum Gasteiger partial charge on any atom is 0.224 e. The summed E-state index contributed by atoms with van der Waals surface area (Å²) < 4.78 is 5.51. The van der Waals surface area contributed by atoms with Gasteiger partial charge in [-0.3, -0.25) is 4.79 Å². The Bertz CT molecular complexity index is 686. The zero-order valence-corrected chi connectivity index (χ0v) is 12.6. The van der Waals surface area contributed by atoms with Crippen molar-refractivity contribution in [3.05, 3.63) is 35.6 Å². The van der Waals surface area contributed by atoms with Crippen molar-refractivity contribution in [2.75, 3.05) is 0 Å². The molecular weight excluding hydrogens is 266 g/mol. The molecule has 1 heterocycles. The Balaban J connectivity index is 1.70. The van der Waals surface area contributed by atoms with Crippen LogP contribution in [0, 0.1) is 12.3 Å². The maximum absolute atomic E-state index is 12.2. The van der Waals surface area contributed by atoms with Crippen LogP contribution in [0.1, 0.15) is 31.4 Å². The molecule has 0 aliphatic heterocycles. The van der Waals surface area contributed by atoms with Crippen LogP contribution in [0.5, 0.6) is 0 Å². The molecule has 1 amide bonds. The predicted octanol–water partition coefficient (Wildman–Crippen LogP) is 2.56. The van der Waals surface area contributed by atoms with Gasteiger partial charge in [-0.2, -0.15) is 0 Å². The number of benzene rings is 1. The number of aliphatic hydroxyl groups is 1. The third-order valence-electron chi connectivity index (χ3n) is 4.71. The van der Waals surface area contributed by atoms with Gasteiger partial charge in [0, 0.05) is 22.4 Å². The van der Waals surface area contributed by atoms with Crippen molar-refractivity contribution < 1.29 is 14.3 Å². The first-order valence-electron chi connectivity index (χ1n) is 7.32. The van der Waals surface area contributed by atoms with E-state index < -0.39 is 0 Å². The fourth-order valence-electron chi connectivity index (χ4n) is 2.89. The van der Waals surface area contributed by atoms with Gasteiger partial charge < -0.3 is 14.8 Å². The number of carbonyl (C=O) groups excluding carboxylic acids is 1. The Hall–Kier alpha value is -1.81. The van der Waals surface area contributed by atoms with Crippen LogP contribution in [-0.4, -0.2) is 23.2 Å². The standard InChI is InChI=1S/C17H21NO3/c1-10-4-5-12-11(9-21-13(12)6-10)7-16(20)18-14-8-15(19)17(14,2)3/h4-6,9,14-15,19H,7-8H2,1-3H3,(H,18,20). The van der Waals surface area contributed by atoms with E-state index in [0.29, 0.717) is 12.8 Å². The van der Waals surface area contributed by atoms with Crippen LogP contribution in [0.15, 0.2) is 28.9 Å². The summed E-state index contributed by atoms with van der Waals surface area (Å²) in [6, 6.07) is 6.03. The van der Waals surface area contributed by atoms with E-state index in [1.807, 2.05) is 39.0 Å². The molecule has 0 bridgehead atoms. The van der Waals surface area contributed by atoms with Crippen molar-refractivity contribution in [2.45, 2.75) is 45.8 Å². The average molecular weight is 287 g/mol. The number of carbonyl (C=O) groups is 1. The van der Waals surface area contributed by atoms with Gasteiger partial charge in [0.1, 0.15) is 5.58 Å². The van der Waals surface area contributed by atoms with E-state index in [0.717, 1.165) is 22.1 Å². The molecule has 2 aromatic rings. The van der Waals surface area contributed by atoms with Crippen molar-refractivity contribution in [2.24, 2.45) is 5.41 Å². The minimum absolute atomic E-state index is 0.0248. The Morgan fingerprint density at radius 1 is 1.48 bits per heavy atom. The highest BCUT2D eigenvalue weighted by Crippen LogP contribution is 2.40. The third-order valence-corrected chi connectivity index (χ3v) is 4.71. The largest absolute Gasteiger partial charge is 0.464 e. The second-order valence-electron chi connectivity index (χ2n) is 6.63. The van der Waals surface area contributed by atoms with Crippen molar-refractivity contribution in [1.82, 2.24) is 5.32 Å². The van der Waals surface area contributed by atoms with Gasteiger partial charge in [0.15, 0.2) is 0 Å². The van der Waals surface area contributed by atoms with E-state index in [-0.39, 0.29) is 23.5 Å². The van der Waals surface area contributed by atoms with E-state index >= 15 is 0 Å². The first-order valence-corrected chi connectivity index (χ1v) is 7.32. The number of fused-ring (bicyclic) bond motifs is 1. The Kier molecular flexibility index (Phi) is 3.29. The highest BCUT2D eigenvalue weighted by molar-refractivity contribution is 5.88. The maximum atomic E-state index is 12.2. The summed E-state index contributed by atoms with van der Waals surface area (Å²) in [4.78, 5) is 12.2. The summed E-state index contributed by atoms with van der Waals surface area (Å²) in [6.07, 6.45) is 2.26. The van der Waals surface area contributed by atoms with Gasteiger partial charge in [0.25, 0.3) is 0 Å². The summed E-state index contributed by atoms with van der Waals surface area (Å²) in [5.41, 5.74) is 2.61. The van der Waals surface area contributed by atoms with Gasteiger partial charge >= 0.3 is 0 Å². The Labute approximate surface area is 124 Å². The minimum atomic E-state index is -0.333. The van der Waals surface area contributed by atoms with Gasteiger partial charge in [0.05, 0.1) is 18.8 Å². The summed E-state index contributed by atoms with van der Waals surface area (Å²) >= 11 is 0. The van der Waals surface area contributed by atoms with Crippen LogP contribution in [0.3, 0.4) is 0 Å². The molecule has 2 N–H and O–H groups in total.